The largest absolute Gasteiger partial charge is 0.465 e. The number of hydrogen-bond acceptors (Lipinski definition) is 4. The maximum atomic E-state index is 12.1. The number of carbonyl (C=O) groups excluding carboxylic acids is 1. The molecule has 0 bridgehead atoms. The van der Waals surface area contributed by atoms with Crippen LogP contribution in [0.1, 0.15) is 46.0 Å². The average Bonchev–Trinajstić information content (AvgIpc) is 2.51. The second-order valence-corrected chi connectivity index (χ2v) is 6.86. The smallest absolute Gasteiger partial charge is 0.309 e. The number of carbonyl (C=O) groups is 1. The molecule has 0 fully saturated rings. The van der Waals surface area contributed by atoms with Gasteiger partial charge >= 0.3 is 5.97 Å². The highest BCUT2D eigenvalue weighted by Crippen LogP contribution is 2.32. The van der Waals surface area contributed by atoms with Crippen LogP contribution < -0.4 is 0 Å². The van der Waals surface area contributed by atoms with Crippen molar-refractivity contribution in [3.05, 3.63) is 22.4 Å². The minimum Gasteiger partial charge on any atom is -0.465 e. The average molecular weight is 364 g/mol. The van der Waals surface area contributed by atoms with Gasteiger partial charge in [0.15, 0.2) is 0 Å². The molecule has 1 atom stereocenters. The molecule has 3 nitrogen and oxygen atoms in total. The number of thioether (sulfide) groups is 1. The molecule has 1 aromatic heterocycles. The Morgan fingerprint density at radius 1 is 1.32 bits per heavy atom. The summed E-state index contributed by atoms with van der Waals surface area (Å²) in [4.78, 5) is 16.8. The Kier molecular flexibility index (Phi) is 9.92. The molecule has 0 saturated heterocycles. The van der Waals surface area contributed by atoms with Gasteiger partial charge < -0.3 is 4.74 Å². The highest BCUT2D eigenvalue weighted by molar-refractivity contribution is 7.99. The van der Waals surface area contributed by atoms with E-state index in [1.165, 1.54) is 24.6 Å². The van der Waals surface area contributed by atoms with Crippen molar-refractivity contribution >= 4 is 40.9 Å². The van der Waals surface area contributed by atoms with Crippen LogP contribution in [0.5, 0.6) is 0 Å². The molecule has 0 aliphatic carbocycles. The molecule has 1 unspecified atom stereocenters. The van der Waals surface area contributed by atoms with Gasteiger partial charge in [0.05, 0.1) is 17.5 Å². The van der Waals surface area contributed by atoms with Crippen molar-refractivity contribution in [1.82, 2.24) is 4.98 Å². The summed E-state index contributed by atoms with van der Waals surface area (Å²) in [6.45, 7) is 4.67. The van der Waals surface area contributed by atoms with Gasteiger partial charge in [0.2, 0.25) is 0 Å². The molecule has 0 aliphatic heterocycles. The predicted molar refractivity (Wildman–Crippen MR) is 93.9 cm³/mol. The van der Waals surface area contributed by atoms with Gasteiger partial charge in [0.25, 0.3) is 0 Å². The van der Waals surface area contributed by atoms with Gasteiger partial charge in [-0.05, 0) is 18.9 Å². The number of ether oxygens (including phenoxy) is 1. The standard InChI is InChI=1S/C16H23Cl2NO2S/c1-3-5-6-7-10-21-16(20)12(4-2)11-22-13-8-9-19-15(18)14(13)17/h8-9,12H,3-7,10-11H2,1-2H3. The Hall–Kier alpha value is -0.450. The van der Waals surface area contributed by atoms with Crippen LogP contribution in [-0.2, 0) is 9.53 Å². The fraction of sp³-hybridized carbons (Fsp3) is 0.625. The molecule has 0 radical (unpaired) electrons. The van der Waals surface area contributed by atoms with Gasteiger partial charge in [-0.2, -0.15) is 0 Å². The van der Waals surface area contributed by atoms with Crippen molar-refractivity contribution in [3.63, 3.8) is 0 Å². The number of unbranched alkanes of at least 4 members (excludes halogenated alkanes) is 3. The molecule has 0 aliphatic rings. The molecular formula is C16H23Cl2NO2S. The summed E-state index contributed by atoms with van der Waals surface area (Å²) in [5, 5.41) is 0.732. The second kappa shape index (κ2) is 11.1. The van der Waals surface area contributed by atoms with E-state index in [4.69, 9.17) is 27.9 Å². The quantitative estimate of drug-likeness (QED) is 0.233. The van der Waals surface area contributed by atoms with Crippen LogP contribution >= 0.6 is 35.0 Å². The number of pyridine rings is 1. The van der Waals surface area contributed by atoms with Gasteiger partial charge in [-0.25, -0.2) is 4.98 Å². The van der Waals surface area contributed by atoms with E-state index < -0.39 is 0 Å². The van der Waals surface area contributed by atoms with E-state index in [-0.39, 0.29) is 11.9 Å². The van der Waals surface area contributed by atoms with Crippen molar-refractivity contribution in [2.45, 2.75) is 50.8 Å². The third-order valence-corrected chi connectivity index (χ3v) is 5.42. The molecule has 6 heteroatoms. The minimum absolute atomic E-state index is 0.122. The lowest BCUT2D eigenvalue weighted by Gasteiger charge is -2.14. The zero-order chi connectivity index (χ0) is 16.4. The predicted octanol–water partition coefficient (Wildman–Crippen LogP) is 5.63. The highest BCUT2D eigenvalue weighted by atomic mass is 35.5. The molecule has 0 spiro atoms. The van der Waals surface area contributed by atoms with Gasteiger partial charge in [-0.1, -0.05) is 56.3 Å². The first-order chi connectivity index (χ1) is 10.6. The summed E-state index contributed by atoms with van der Waals surface area (Å²) in [5.41, 5.74) is 0. The first-order valence-corrected chi connectivity index (χ1v) is 9.43. The first-order valence-electron chi connectivity index (χ1n) is 7.69. The third kappa shape index (κ3) is 6.76. The normalized spacial score (nSPS) is 12.2. The van der Waals surface area contributed by atoms with E-state index in [2.05, 4.69) is 11.9 Å². The Morgan fingerprint density at radius 2 is 2.09 bits per heavy atom. The topological polar surface area (TPSA) is 39.2 Å². The van der Waals surface area contributed by atoms with Crippen LogP contribution in [0.15, 0.2) is 17.2 Å². The third-order valence-electron chi connectivity index (χ3n) is 3.32. The molecule has 1 aromatic rings. The summed E-state index contributed by atoms with van der Waals surface area (Å²) in [7, 11) is 0. The summed E-state index contributed by atoms with van der Waals surface area (Å²) in [6.07, 6.45) is 6.78. The van der Waals surface area contributed by atoms with Crippen LogP contribution in [0.25, 0.3) is 0 Å². The number of nitrogens with zero attached hydrogens (tertiary/aromatic N) is 1. The monoisotopic (exact) mass is 363 g/mol. The zero-order valence-electron chi connectivity index (χ0n) is 13.1. The second-order valence-electron chi connectivity index (χ2n) is 5.06. The highest BCUT2D eigenvalue weighted by Gasteiger charge is 2.19. The van der Waals surface area contributed by atoms with Gasteiger partial charge in [0.1, 0.15) is 5.15 Å². The molecule has 0 aromatic carbocycles. The first kappa shape index (κ1) is 19.6. The Morgan fingerprint density at radius 3 is 2.77 bits per heavy atom. The van der Waals surface area contributed by atoms with Gasteiger partial charge in [0, 0.05) is 16.8 Å². The molecule has 1 heterocycles. The van der Waals surface area contributed by atoms with E-state index in [1.807, 2.05) is 13.0 Å². The summed E-state index contributed by atoms with van der Waals surface area (Å²) >= 11 is 13.5. The van der Waals surface area contributed by atoms with E-state index in [1.54, 1.807) is 6.20 Å². The minimum atomic E-state index is -0.126. The number of aromatic nitrogens is 1. The number of esters is 1. The lowest BCUT2D eigenvalue weighted by atomic mass is 10.1. The molecule has 0 saturated carbocycles. The van der Waals surface area contributed by atoms with E-state index in [0.29, 0.717) is 22.5 Å². The Balaban J connectivity index is 2.40. The van der Waals surface area contributed by atoms with Crippen molar-refractivity contribution in [2.24, 2.45) is 5.92 Å². The van der Waals surface area contributed by atoms with Crippen molar-refractivity contribution < 1.29 is 9.53 Å². The van der Waals surface area contributed by atoms with Crippen LogP contribution in [0.3, 0.4) is 0 Å². The lowest BCUT2D eigenvalue weighted by Crippen LogP contribution is -2.20. The fourth-order valence-corrected chi connectivity index (χ4v) is 3.50. The number of rotatable bonds is 10. The maximum Gasteiger partial charge on any atom is 0.309 e. The zero-order valence-corrected chi connectivity index (χ0v) is 15.4. The Labute approximate surface area is 147 Å². The van der Waals surface area contributed by atoms with E-state index in [9.17, 15) is 4.79 Å². The van der Waals surface area contributed by atoms with Gasteiger partial charge in [-0.3, -0.25) is 4.79 Å². The lowest BCUT2D eigenvalue weighted by molar-refractivity contribution is -0.147. The molecule has 124 valence electrons. The summed E-state index contributed by atoms with van der Waals surface area (Å²) in [6, 6.07) is 1.81. The van der Waals surface area contributed by atoms with Crippen LogP contribution in [-0.4, -0.2) is 23.3 Å². The van der Waals surface area contributed by atoms with E-state index >= 15 is 0 Å². The maximum absolute atomic E-state index is 12.1. The molecule has 22 heavy (non-hydrogen) atoms. The molecule has 0 amide bonds. The number of hydrogen-bond donors (Lipinski definition) is 0. The fourth-order valence-electron chi connectivity index (χ4n) is 1.88. The SMILES string of the molecule is CCCCCCOC(=O)C(CC)CSc1ccnc(Cl)c1Cl. The van der Waals surface area contributed by atoms with Crippen molar-refractivity contribution in [2.75, 3.05) is 12.4 Å². The summed E-state index contributed by atoms with van der Waals surface area (Å²) in [5.74, 6) is 0.381. The van der Waals surface area contributed by atoms with Crippen molar-refractivity contribution in [1.29, 1.82) is 0 Å². The van der Waals surface area contributed by atoms with Crippen LogP contribution in [0, 0.1) is 5.92 Å². The van der Waals surface area contributed by atoms with Crippen LogP contribution in [0.2, 0.25) is 10.2 Å². The van der Waals surface area contributed by atoms with Crippen LogP contribution in [0.4, 0.5) is 0 Å². The molecule has 0 N–H and O–H groups in total. The summed E-state index contributed by atoms with van der Waals surface area (Å²) < 4.78 is 5.36. The van der Waals surface area contributed by atoms with Gasteiger partial charge in [-0.15, -0.1) is 11.8 Å². The Bertz CT molecular complexity index is 471. The van der Waals surface area contributed by atoms with E-state index in [0.717, 1.165) is 24.2 Å². The molecular weight excluding hydrogens is 341 g/mol. The molecule has 1 rings (SSSR count). The van der Waals surface area contributed by atoms with Crippen molar-refractivity contribution in [3.8, 4) is 0 Å². The number of halogens is 2.